The van der Waals surface area contributed by atoms with Crippen molar-refractivity contribution >= 4 is 0 Å². The van der Waals surface area contributed by atoms with Crippen LogP contribution in [0.25, 0.3) is 17.1 Å². The van der Waals surface area contributed by atoms with E-state index in [1.54, 1.807) is 37.3 Å². The molecular weight excluding hydrogens is 426 g/mol. The SMILES string of the molecule is Cc1nn(-c2cc(Cc3c(C)c(-c4ccncc4)nn3CC3CC3)ncn2)c(C)c1C(C)(C)O. The van der Waals surface area contributed by atoms with Crippen molar-refractivity contribution in [2.24, 2.45) is 5.92 Å². The summed E-state index contributed by atoms with van der Waals surface area (Å²) in [6, 6.07) is 5.99. The van der Waals surface area contributed by atoms with Crippen molar-refractivity contribution in [3.05, 3.63) is 70.8 Å². The summed E-state index contributed by atoms with van der Waals surface area (Å²) < 4.78 is 3.96. The third kappa shape index (κ3) is 4.25. The highest BCUT2D eigenvalue weighted by Gasteiger charge is 2.27. The van der Waals surface area contributed by atoms with Crippen LogP contribution in [0.5, 0.6) is 0 Å². The standard InChI is InChI=1S/C26H31N7O/c1-16-22(32(14-19-6-7-19)31-25(16)20-8-10-27-11-9-20)12-21-13-23(29-15-28-21)33-18(3)24(17(2)30-33)26(4,5)34/h8-11,13,15,19,34H,6-7,12,14H2,1-5H3. The van der Waals surface area contributed by atoms with E-state index in [-0.39, 0.29) is 0 Å². The fourth-order valence-electron chi connectivity index (χ4n) is 4.81. The maximum Gasteiger partial charge on any atom is 0.157 e. The molecule has 1 N–H and O–H groups in total. The second kappa shape index (κ2) is 8.43. The van der Waals surface area contributed by atoms with Gasteiger partial charge in [0.15, 0.2) is 5.82 Å². The topological polar surface area (TPSA) is 94.5 Å². The van der Waals surface area contributed by atoms with E-state index < -0.39 is 5.60 Å². The van der Waals surface area contributed by atoms with Gasteiger partial charge in [0.25, 0.3) is 0 Å². The Morgan fingerprint density at radius 1 is 1.06 bits per heavy atom. The summed E-state index contributed by atoms with van der Waals surface area (Å²) in [4.78, 5) is 13.2. The number of aryl methyl sites for hydroxylation is 1. The van der Waals surface area contributed by atoms with Gasteiger partial charge in [0.05, 0.1) is 22.7 Å². The quantitative estimate of drug-likeness (QED) is 0.449. The third-order valence-corrected chi connectivity index (χ3v) is 6.58. The van der Waals surface area contributed by atoms with E-state index in [1.807, 2.05) is 32.0 Å². The van der Waals surface area contributed by atoms with Crippen LogP contribution in [0.2, 0.25) is 0 Å². The first-order valence-corrected chi connectivity index (χ1v) is 11.8. The summed E-state index contributed by atoms with van der Waals surface area (Å²) in [6.07, 6.45) is 8.39. The smallest absolute Gasteiger partial charge is 0.157 e. The van der Waals surface area contributed by atoms with E-state index in [0.29, 0.717) is 18.2 Å². The zero-order valence-corrected chi connectivity index (χ0v) is 20.4. The average Bonchev–Trinajstić information content (AvgIpc) is 3.49. The van der Waals surface area contributed by atoms with Gasteiger partial charge >= 0.3 is 0 Å². The molecule has 0 bridgehead atoms. The molecule has 176 valence electrons. The van der Waals surface area contributed by atoms with Crippen molar-refractivity contribution < 1.29 is 5.11 Å². The van der Waals surface area contributed by atoms with Gasteiger partial charge in [-0.15, -0.1) is 0 Å². The maximum atomic E-state index is 10.6. The number of aliphatic hydroxyl groups is 1. The monoisotopic (exact) mass is 457 g/mol. The van der Waals surface area contributed by atoms with E-state index in [4.69, 9.17) is 5.10 Å². The molecule has 0 unspecified atom stereocenters. The lowest BCUT2D eigenvalue weighted by molar-refractivity contribution is 0.0772. The predicted molar refractivity (Wildman–Crippen MR) is 130 cm³/mol. The molecule has 5 rings (SSSR count). The Bertz CT molecular complexity index is 1330. The Labute approximate surface area is 199 Å². The van der Waals surface area contributed by atoms with Crippen molar-refractivity contribution in [2.45, 2.75) is 66.0 Å². The van der Waals surface area contributed by atoms with Crippen LogP contribution in [0, 0.1) is 26.7 Å². The molecule has 8 nitrogen and oxygen atoms in total. The summed E-state index contributed by atoms with van der Waals surface area (Å²) in [5, 5.41) is 20.3. The second-order valence-electron chi connectivity index (χ2n) is 9.84. The molecule has 4 heterocycles. The molecular formula is C26H31N7O. The molecule has 4 aromatic heterocycles. The van der Waals surface area contributed by atoms with Gasteiger partial charge in [-0.05, 0) is 71.1 Å². The van der Waals surface area contributed by atoms with Crippen LogP contribution in [0.1, 0.15) is 60.6 Å². The number of rotatable bonds is 7. The lowest BCUT2D eigenvalue weighted by Gasteiger charge is -2.18. The first kappa shape index (κ1) is 22.4. The second-order valence-corrected chi connectivity index (χ2v) is 9.84. The molecule has 0 aromatic carbocycles. The lowest BCUT2D eigenvalue weighted by Crippen LogP contribution is -2.18. The molecule has 1 saturated carbocycles. The fourth-order valence-corrected chi connectivity index (χ4v) is 4.81. The van der Waals surface area contributed by atoms with Crippen molar-refractivity contribution in [1.29, 1.82) is 0 Å². The number of hydrogen-bond donors (Lipinski definition) is 1. The normalized spacial score (nSPS) is 14.1. The first-order chi connectivity index (χ1) is 16.2. The van der Waals surface area contributed by atoms with Crippen LogP contribution >= 0.6 is 0 Å². The zero-order chi connectivity index (χ0) is 24.0. The number of nitrogens with zero attached hydrogens (tertiary/aromatic N) is 7. The molecule has 0 amide bonds. The molecule has 4 aromatic rings. The zero-order valence-electron chi connectivity index (χ0n) is 20.4. The van der Waals surface area contributed by atoms with Crippen LogP contribution in [0.3, 0.4) is 0 Å². The molecule has 0 spiro atoms. The van der Waals surface area contributed by atoms with E-state index in [1.165, 1.54) is 24.1 Å². The average molecular weight is 458 g/mol. The van der Waals surface area contributed by atoms with Crippen molar-refractivity contribution in [2.75, 3.05) is 0 Å². The molecule has 0 atom stereocenters. The van der Waals surface area contributed by atoms with Crippen LogP contribution in [0.4, 0.5) is 0 Å². The van der Waals surface area contributed by atoms with Gasteiger partial charge < -0.3 is 5.11 Å². The highest BCUT2D eigenvalue weighted by molar-refractivity contribution is 5.63. The third-order valence-electron chi connectivity index (χ3n) is 6.58. The van der Waals surface area contributed by atoms with Crippen LogP contribution in [0.15, 0.2) is 36.9 Å². The van der Waals surface area contributed by atoms with Gasteiger partial charge in [0.1, 0.15) is 6.33 Å². The maximum absolute atomic E-state index is 10.6. The Morgan fingerprint density at radius 3 is 2.44 bits per heavy atom. The fraction of sp³-hybridized carbons (Fsp3) is 0.423. The van der Waals surface area contributed by atoms with Crippen LogP contribution in [-0.2, 0) is 18.6 Å². The van der Waals surface area contributed by atoms with Gasteiger partial charge in [0.2, 0.25) is 0 Å². The first-order valence-electron chi connectivity index (χ1n) is 11.8. The Hall–Kier alpha value is -3.39. The summed E-state index contributed by atoms with van der Waals surface area (Å²) in [5.41, 5.74) is 6.86. The van der Waals surface area contributed by atoms with E-state index in [2.05, 4.69) is 31.7 Å². The minimum Gasteiger partial charge on any atom is -0.386 e. The van der Waals surface area contributed by atoms with Crippen LogP contribution in [-0.4, -0.2) is 39.6 Å². The Kier molecular flexibility index (Phi) is 5.56. The summed E-state index contributed by atoms with van der Waals surface area (Å²) in [7, 11) is 0. The van der Waals surface area contributed by atoms with E-state index in [9.17, 15) is 5.11 Å². The summed E-state index contributed by atoms with van der Waals surface area (Å²) in [5.74, 6) is 1.40. The summed E-state index contributed by atoms with van der Waals surface area (Å²) in [6.45, 7) is 10.5. The van der Waals surface area contributed by atoms with E-state index in [0.717, 1.165) is 40.4 Å². The number of hydrogen-bond acceptors (Lipinski definition) is 6. The minimum atomic E-state index is -0.974. The van der Waals surface area contributed by atoms with Gasteiger partial charge in [-0.2, -0.15) is 10.2 Å². The van der Waals surface area contributed by atoms with Crippen molar-refractivity contribution in [3.8, 4) is 17.1 Å². The summed E-state index contributed by atoms with van der Waals surface area (Å²) >= 11 is 0. The highest BCUT2D eigenvalue weighted by Crippen LogP contribution is 2.33. The molecule has 1 fully saturated rings. The molecule has 0 aliphatic heterocycles. The van der Waals surface area contributed by atoms with Gasteiger partial charge in [-0.25, -0.2) is 14.6 Å². The molecule has 1 aliphatic rings. The molecule has 1 aliphatic carbocycles. The molecule has 0 saturated heterocycles. The minimum absolute atomic E-state index is 0.657. The molecule has 8 heteroatoms. The number of pyridine rings is 1. The van der Waals surface area contributed by atoms with Crippen molar-refractivity contribution in [1.82, 2.24) is 34.5 Å². The van der Waals surface area contributed by atoms with Gasteiger partial charge in [0, 0.05) is 53.9 Å². The number of aromatic nitrogens is 7. The Balaban J connectivity index is 1.52. The van der Waals surface area contributed by atoms with Gasteiger partial charge in [-0.3, -0.25) is 9.67 Å². The largest absolute Gasteiger partial charge is 0.386 e. The predicted octanol–water partition coefficient (Wildman–Crippen LogP) is 4.07. The molecule has 34 heavy (non-hydrogen) atoms. The highest BCUT2D eigenvalue weighted by atomic mass is 16.3. The molecule has 0 radical (unpaired) electrons. The van der Waals surface area contributed by atoms with Crippen LogP contribution < -0.4 is 0 Å². The van der Waals surface area contributed by atoms with E-state index >= 15 is 0 Å². The van der Waals surface area contributed by atoms with Crippen molar-refractivity contribution in [3.63, 3.8) is 0 Å². The Morgan fingerprint density at radius 2 is 1.79 bits per heavy atom. The van der Waals surface area contributed by atoms with Gasteiger partial charge in [-0.1, -0.05) is 0 Å². The lowest BCUT2D eigenvalue weighted by atomic mass is 9.96.